The molecule has 112 valence electrons. The summed E-state index contributed by atoms with van der Waals surface area (Å²) in [6.45, 7) is 9.38. The van der Waals surface area contributed by atoms with Crippen LogP contribution < -0.4 is 5.32 Å². The Morgan fingerprint density at radius 3 is 2.48 bits per heavy atom. The van der Waals surface area contributed by atoms with Crippen molar-refractivity contribution in [2.24, 2.45) is 0 Å². The predicted octanol–water partition coefficient (Wildman–Crippen LogP) is 5.69. The fraction of sp³-hybridized carbons (Fsp3) is 0.333. The van der Waals surface area contributed by atoms with E-state index in [-0.39, 0.29) is 5.54 Å². The molecule has 0 bridgehead atoms. The number of benzene rings is 2. The zero-order valence-electron chi connectivity index (χ0n) is 13.0. The molecule has 0 radical (unpaired) electrons. The molecule has 0 aliphatic rings. The minimum atomic E-state index is 0.0739. The standard InChI is InChI=1S/C18H22ClNS/c1-13-7-5-8-14(11-13)21-17-10-6-9-16(19)15(17)12-20-18(2,3)4/h5-11,20H,12H2,1-4H3. The highest BCUT2D eigenvalue weighted by molar-refractivity contribution is 7.99. The van der Waals surface area contributed by atoms with Crippen molar-refractivity contribution >= 4 is 23.4 Å². The van der Waals surface area contributed by atoms with Gasteiger partial charge in [0.05, 0.1) is 0 Å². The zero-order chi connectivity index (χ0) is 15.5. The van der Waals surface area contributed by atoms with Gasteiger partial charge in [-0.3, -0.25) is 0 Å². The molecule has 0 aliphatic carbocycles. The molecule has 2 aromatic rings. The van der Waals surface area contributed by atoms with Crippen molar-refractivity contribution in [2.75, 3.05) is 0 Å². The Morgan fingerprint density at radius 2 is 1.81 bits per heavy atom. The SMILES string of the molecule is Cc1cccc(Sc2cccc(Cl)c2CNC(C)(C)C)c1. The van der Waals surface area contributed by atoms with E-state index in [4.69, 9.17) is 11.6 Å². The molecule has 0 heterocycles. The second-order valence-electron chi connectivity index (χ2n) is 6.24. The Bertz CT molecular complexity index is 617. The zero-order valence-corrected chi connectivity index (χ0v) is 14.6. The van der Waals surface area contributed by atoms with Crippen LogP contribution in [-0.4, -0.2) is 5.54 Å². The summed E-state index contributed by atoms with van der Waals surface area (Å²) >= 11 is 8.17. The van der Waals surface area contributed by atoms with E-state index < -0.39 is 0 Å². The number of hydrogen-bond acceptors (Lipinski definition) is 2. The number of nitrogens with one attached hydrogen (secondary N) is 1. The van der Waals surface area contributed by atoms with Gasteiger partial charge in [0.2, 0.25) is 0 Å². The summed E-state index contributed by atoms with van der Waals surface area (Å²) in [4.78, 5) is 2.46. The molecular formula is C18H22ClNS. The molecule has 1 N–H and O–H groups in total. The largest absolute Gasteiger partial charge is 0.308 e. The predicted molar refractivity (Wildman–Crippen MR) is 93.3 cm³/mol. The van der Waals surface area contributed by atoms with E-state index in [1.54, 1.807) is 11.8 Å². The van der Waals surface area contributed by atoms with Crippen LogP contribution in [-0.2, 0) is 6.54 Å². The molecule has 0 fully saturated rings. The molecule has 0 unspecified atom stereocenters. The van der Waals surface area contributed by atoms with E-state index >= 15 is 0 Å². The maximum Gasteiger partial charge on any atom is 0.0462 e. The number of hydrogen-bond donors (Lipinski definition) is 1. The number of aryl methyl sites for hydroxylation is 1. The Hall–Kier alpha value is -0.960. The Balaban J connectivity index is 2.25. The molecule has 0 saturated heterocycles. The first kappa shape index (κ1) is 16.4. The van der Waals surface area contributed by atoms with E-state index in [9.17, 15) is 0 Å². The number of rotatable bonds is 4. The Morgan fingerprint density at radius 1 is 1.10 bits per heavy atom. The van der Waals surface area contributed by atoms with Crippen LogP contribution in [0.3, 0.4) is 0 Å². The van der Waals surface area contributed by atoms with Crippen LogP contribution in [0.5, 0.6) is 0 Å². The van der Waals surface area contributed by atoms with Crippen molar-refractivity contribution in [1.82, 2.24) is 5.32 Å². The van der Waals surface area contributed by atoms with Gasteiger partial charge in [0.25, 0.3) is 0 Å². The Kier molecular flexibility index (Phi) is 5.37. The maximum absolute atomic E-state index is 6.40. The Labute approximate surface area is 137 Å². The van der Waals surface area contributed by atoms with Crippen LogP contribution >= 0.6 is 23.4 Å². The van der Waals surface area contributed by atoms with Crippen molar-refractivity contribution in [3.8, 4) is 0 Å². The van der Waals surface area contributed by atoms with Gasteiger partial charge in [0.15, 0.2) is 0 Å². The molecule has 3 heteroatoms. The van der Waals surface area contributed by atoms with Crippen molar-refractivity contribution < 1.29 is 0 Å². The van der Waals surface area contributed by atoms with E-state index in [1.807, 2.05) is 12.1 Å². The summed E-state index contributed by atoms with van der Waals surface area (Å²) in [7, 11) is 0. The lowest BCUT2D eigenvalue weighted by molar-refractivity contribution is 0.422. The minimum absolute atomic E-state index is 0.0739. The molecule has 0 saturated carbocycles. The van der Waals surface area contributed by atoms with Crippen molar-refractivity contribution in [1.29, 1.82) is 0 Å². The molecular weight excluding hydrogens is 298 g/mol. The molecule has 2 aromatic carbocycles. The van der Waals surface area contributed by atoms with Gasteiger partial charge in [-0.1, -0.05) is 47.1 Å². The second kappa shape index (κ2) is 6.87. The maximum atomic E-state index is 6.40. The van der Waals surface area contributed by atoms with Gasteiger partial charge in [0, 0.05) is 26.9 Å². The van der Waals surface area contributed by atoms with Gasteiger partial charge < -0.3 is 5.32 Å². The summed E-state index contributed by atoms with van der Waals surface area (Å²) in [5, 5.41) is 4.34. The quantitative estimate of drug-likeness (QED) is 0.777. The summed E-state index contributed by atoms with van der Waals surface area (Å²) in [5.41, 5.74) is 2.52. The van der Waals surface area contributed by atoms with Gasteiger partial charge in [0.1, 0.15) is 0 Å². The summed E-state index contributed by atoms with van der Waals surface area (Å²) in [5.74, 6) is 0. The third kappa shape index (κ3) is 5.06. The molecule has 2 rings (SSSR count). The summed E-state index contributed by atoms with van der Waals surface area (Å²) in [6.07, 6.45) is 0. The highest BCUT2D eigenvalue weighted by atomic mass is 35.5. The van der Waals surface area contributed by atoms with Gasteiger partial charge in [-0.25, -0.2) is 0 Å². The second-order valence-corrected chi connectivity index (χ2v) is 7.76. The average Bonchev–Trinajstić information content (AvgIpc) is 2.37. The van der Waals surface area contributed by atoms with Gasteiger partial charge in [-0.2, -0.15) is 0 Å². The fourth-order valence-electron chi connectivity index (χ4n) is 1.97. The molecule has 21 heavy (non-hydrogen) atoms. The lowest BCUT2D eigenvalue weighted by Crippen LogP contribution is -2.35. The molecule has 1 nitrogen and oxygen atoms in total. The summed E-state index contributed by atoms with van der Waals surface area (Å²) < 4.78 is 0. The van der Waals surface area contributed by atoms with Gasteiger partial charge in [-0.05, 0) is 57.5 Å². The van der Waals surface area contributed by atoms with Gasteiger partial charge in [-0.15, -0.1) is 0 Å². The van der Waals surface area contributed by atoms with E-state index in [1.165, 1.54) is 20.9 Å². The first-order valence-corrected chi connectivity index (χ1v) is 8.31. The minimum Gasteiger partial charge on any atom is -0.308 e. The first-order valence-electron chi connectivity index (χ1n) is 7.12. The van der Waals surface area contributed by atoms with Crippen LogP contribution in [0.15, 0.2) is 52.3 Å². The topological polar surface area (TPSA) is 12.0 Å². The van der Waals surface area contributed by atoms with E-state index in [2.05, 4.69) is 63.3 Å². The van der Waals surface area contributed by atoms with Crippen LogP contribution in [0.4, 0.5) is 0 Å². The molecule has 0 amide bonds. The van der Waals surface area contributed by atoms with E-state index in [0.29, 0.717) is 0 Å². The highest BCUT2D eigenvalue weighted by Crippen LogP contribution is 2.34. The van der Waals surface area contributed by atoms with Gasteiger partial charge >= 0.3 is 0 Å². The number of halogens is 1. The fourth-order valence-corrected chi connectivity index (χ4v) is 3.36. The first-order chi connectivity index (χ1) is 9.85. The molecule has 0 atom stereocenters. The lowest BCUT2D eigenvalue weighted by Gasteiger charge is -2.22. The monoisotopic (exact) mass is 319 g/mol. The molecule has 0 spiro atoms. The highest BCUT2D eigenvalue weighted by Gasteiger charge is 2.13. The lowest BCUT2D eigenvalue weighted by atomic mass is 10.1. The molecule has 0 aromatic heterocycles. The smallest absolute Gasteiger partial charge is 0.0462 e. The van der Waals surface area contributed by atoms with Crippen molar-refractivity contribution in [2.45, 2.75) is 49.6 Å². The summed E-state index contributed by atoms with van der Waals surface area (Å²) in [6, 6.07) is 14.7. The average molecular weight is 320 g/mol. The van der Waals surface area contributed by atoms with E-state index in [0.717, 1.165) is 11.6 Å². The third-order valence-electron chi connectivity index (χ3n) is 3.09. The van der Waals surface area contributed by atoms with Crippen LogP contribution in [0.25, 0.3) is 0 Å². The van der Waals surface area contributed by atoms with Crippen LogP contribution in [0.2, 0.25) is 5.02 Å². The molecule has 0 aliphatic heterocycles. The van der Waals surface area contributed by atoms with Crippen LogP contribution in [0, 0.1) is 6.92 Å². The normalized spacial score (nSPS) is 11.7. The third-order valence-corrected chi connectivity index (χ3v) is 4.53. The van der Waals surface area contributed by atoms with Crippen molar-refractivity contribution in [3.05, 3.63) is 58.6 Å². The van der Waals surface area contributed by atoms with Crippen molar-refractivity contribution in [3.63, 3.8) is 0 Å². The van der Waals surface area contributed by atoms with Crippen LogP contribution in [0.1, 0.15) is 31.9 Å².